The molecule has 115 heavy (non-hydrogen) atoms. The molecule has 5 fully saturated rings. The molecule has 0 amide bonds. The molecule has 640 valence electrons. The van der Waals surface area contributed by atoms with Crippen molar-refractivity contribution in [1.82, 2.24) is 24.5 Å². The zero-order valence-electron chi connectivity index (χ0n) is 112. The van der Waals surface area contributed by atoms with Crippen molar-refractivity contribution in [2.45, 2.75) is 226 Å². The molecule has 5 N–H and O–H groups in total. The second-order valence-corrected chi connectivity index (χ2v) is 31.9. The molecule has 0 aromatic heterocycles. The molecule has 0 bridgehead atoms. The quantitative estimate of drug-likeness (QED) is 0.0491. The zero-order chi connectivity index (χ0) is 121. The van der Waals surface area contributed by atoms with Crippen LogP contribution in [0.1, 0.15) is 278 Å². The van der Waals surface area contributed by atoms with Gasteiger partial charge in [0.05, 0.1) is 127 Å². The molecule has 10 aliphatic heterocycles. The van der Waals surface area contributed by atoms with Crippen molar-refractivity contribution in [1.29, 1.82) is 0 Å². The summed E-state index contributed by atoms with van der Waals surface area (Å²) in [5.74, 6) is -10.7. The minimum atomic E-state index is -4.54. The molecule has 5 aromatic rings. The molecular weight excluding hydrogens is 1450 g/mol. The normalized spacial score (nSPS) is 41.4. The van der Waals surface area contributed by atoms with Gasteiger partial charge in [0.15, 0.2) is 57.5 Å². The van der Waals surface area contributed by atoms with E-state index in [1.807, 2.05) is 0 Å². The summed E-state index contributed by atoms with van der Waals surface area (Å²) in [6, 6.07) is -3.47. The second kappa shape index (κ2) is 40.6. The van der Waals surface area contributed by atoms with Gasteiger partial charge in [0.25, 0.3) is 0 Å². The summed E-state index contributed by atoms with van der Waals surface area (Å²) in [7, 11) is 0.421. The van der Waals surface area contributed by atoms with Gasteiger partial charge >= 0.3 is 0 Å². The minimum absolute atomic E-state index is 0.0117. The van der Waals surface area contributed by atoms with Crippen LogP contribution in [0.3, 0.4) is 0 Å². The molecule has 10 aliphatic rings. The van der Waals surface area contributed by atoms with E-state index in [-0.39, 0.29) is 82.3 Å². The third-order valence-corrected chi connectivity index (χ3v) is 22.1. The molecule has 5 saturated heterocycles. The summed E-state index contributed by atoms with van der Waals surface area (Å²) in [4.78, 5) is 6.38. The van der Waals surface area contributed by atoms with Crippen LogP contribution in [0, 0.1) is 59.1 Å². The maximum atomic E-state index is 11.5. The van der Waals surface area contributed by atoms with Crippen molar-refractivity contribution < 1.29 is 132 Å². The zero-order valence-corrected chi connectivity index (χ0v) is 68.7. The third-order valence-electron chi connectivity index (χ3n) is 22.1. The molecule has 10 heterocycles. The molecule has 0 saturated carbocycles. The first-order chi connectivity index (χ1) is 71.7. The Morgan fingerprint density at radius 1 is 0.409 bits per heavy atom. The van der Waals surface area contributed by atoms with Crippen LogP contribution in [-0.4, -0.2) is 217 Å². The van der Waals surface area contributed by atoms with Crippen LogP contribution in [0.2, 0.25) is 0 Å². The lowest BCUT2D eigenvalue weighted by molar-refractivity contribution is -0.0192. The number of fused-ring (bicyclic) bond motifs is 15. The van der Waals surface area contributed by atoms with Gasteiger partial charge in [-0.2, -0.15) is 0 Å². The fourth-order valence-corrected chi connectivity index (χ4v) is 16.8. The van der Waals surface area contributed by atoms with E-state index in [4.69, 9.17) is 104 Å². The highest BCUT2D eigenvalue weighted by atomic mass is 16.5. The second-order valence-electron chi connectivity index (χ2n) is 31.9. The van der Waals surface area contributed by atoms with Crippen molar-refractivity contribution >= 4 is 0 Å². The van der Waals surface area contributed by atoms with Gasteiger partial charge in [-0.1, -0.05) is 69.2 Å². The smallest absolute Gasteiger partial charge is 0.161 e. The number of ether oxygens (including phenoxy) is 10. The number of hydrogen-bond donors (Lipinski definition) is 5. The van der Waals surface area contributed by atoms with Crippen LogP contribution in [0.4, 0.5) is 0 Å². The van der Waals surface area contributed by atoms with E-state index >= 15 is 0 Å². The lowest BCUT2D eigenvalue weighted by Gasteiger charge is -2.46. The van der Waals surface area contributed by atoms with E-state index in [9.17, 15) is 28.3 Å². The lowest BCUT2D eigenvalue weighted by Crippen LogP contribution is -2.48. The molecule has 0 radical (unpaired) electrons. The van der Waals surface area contributed by atoms with Gasteiger partial charge in [0, 0.05) is 128 Å². The van der Waals surface area contributed by atoms with Gasteiger partial charge < -0.3 is 72.9 Å². The topological polar surface area (TPSA) is 210 Å². The summed E-state index contributed by atoms with van der Waals surface area (Å²) in [5.41, 5.74) is 1.22. The third kappa shape index (κ3) is 21.1. The number of hydrogen-bond acceptors (Lipinski definition) is 20. The number of rotatable bonds is 20. The van der Waals surface area contributed by atoms with Crippen molar-refractivity contribution in [3.8, 4) is 57.5 Å². The Morgan fingerprint density at radius 2 is 0.722 bits per heavy atom. The van der Waals surface area contributed by atoms with Crippen molar-refractivity contribution in [3.63, 3.8) is 0 Å². The van der Waals surface area contributed by atoms with Crippen LogP contribution in [0.25, 0.3) is 0 Å². The molecule has 20 heteroatoms. The number of aliphatic hydroxyl groups is 5. The number of aryl methyl sites for hydroxylation is 2. The minimum Gasteiger partial charge on any atom is -0.493 e. The standard InChI is InChI=1S/5C19H29NO3/c5*1-12(2)7-14-11-20-6-5-13-8-18(22-3)19(23-4)9-15(13)16(20)10-17(14)21/h5*8-9,12,14,16-17,21H,5-7,10-11H2,1-4H3/i1D3,4D3,5D2,6D2,7D2,10D2,11D2,12D,14D,16D,17D;4D3,5D2,6D2,10D2,11D2,14D,16D,17D;4D3,8D,9D;2*8D,9D. The largest absolute Gasteiger partial charge is 0.493 e. The number of methoxy groups -OCH3 is 10. The highest BCUT2D eigenvalue weighted by molar-refractivity contribution is 5.54. The Balaban J connectivity index is 0.000000189. The molecular formula is C95H145N5O15. The predicted molar refractivity (Wildman–Crippen MR) is 456 cm³/mol. The van der Waals surface area contributed by atoms with Crippen LogP contribution >= 0.6 is 0 Å². The van der Waals surface area contributed by atoms with Gasteiger partial charge in [-0.15, -0.1) is 0 Å². The number of piperidine rings is 5. The van der Waals surface area contributed by atoms with E-state index in [1.54, 1.807) is 0 Å². The lowest BCUT2D eigenvalue weighted by atomic mass is 9.79. The fraction of sp³-hybridized carbons (Fsp3) is 0.684. The SMILES string of the molecule is [2H]C([2H])([2H])Oc1cc2c(cc1OC)C([2H])([2H])C([2H])([2H])N1C([2H])([2H])C([2H])(C([2H])([2H])C([2H])(C)C([2H])([2H])[2H])C([2H])(O)C([2H])([2H])C21[2H].[2H]C([2H])([2H])Oc1cc2c(cc1OC)C([2H])([2H])C([2H])([2H])N1C([2H])([2H])C([2H])(CC(C)C)C([2H])(O)C([2H])([2H])C21[2H].[2H]c1c2c(c([2H])c(OC([2H])([2H])[2H])c1OC)C1CC(O)C(CC(C)C)CN1CC2.[2H]c1c2c(c([2H])c(OC)c1OC)C1CC(O)C(CC(C)C)CN1CC2.[2H]c1c2c(c([2H])c(OC)c1OC)C1CC(O)C(CC(C)C)CN1CC2. The first kappa shape index (κ1) is 48.2. The summed E-state index contributed by atoms with van der Waals surface area (Å²) < 4.78 is 411. The fourth-order valence-electron chi connectivity index (χ4n) is 16.8. The van der Waals surface area contributed by atoms with Crippen molar-refractivity contribution in [3.05, 3.63) is 116 Å². The van der Waals surface area contributed by atoms with E-state index in [2.05, 4.69) is 56.2 Å². The molecule has 5 aromatic carbocycles. The van der Waals surface area contributed by atoms with E-state index in [0.29, 0.717) is 121 Å². The predicted octanol–water partition coefficient (Wildman–Crippen LogP) is 15.1. The maximum Gasteiger partial charge on any atom is 0.161 e. The Kier molecular flexibility index (Phi) is 17.0. The van der Waals surface area contributed by atoms with Gasteiger partial charge in [-0.05, 0) is 271 Å². The Morgan fingerprint density at radius 3 is 1.05 bits per heavy atom. The Bertz CT molecular complexity index is 5960. The molecule has 16 atom stereocenters. The van der Waals surface area contributed by atoms with Gasteiger partial charge in [-0.25, -0.2) is 0 Å². The van der Waals surface area contributed by atoms with Gasteiger partial charge in [-0.3, -0.25) is 24.5 Å². The average Bonchev–Trinajstić information content (AvgIpc) is 0.632. The molecule has 0 aliphatic carbocycles. The molecule has 16 unspecified atom stereocenters. The first-order valence-corrected chi connectivity index (χ1v) is 39.2. The Hall–Kier alpha value is -6.30. The van der Waals surface area contributed by atoms with Crippen molar-refractivity contribution in [2.75, 3.05) is 136 Å². The van der Waals surface area contributed by atoms with E-state index < -0.39 is 191 Å². The molecule has 20 nitrogen and oxygen atoms in total. The van der Waals surface area contributed by atoms with Crippen molar-refractivity contribution in [2.24, 2.45) is 59.1 Å². The molecule has 0 spiro atoms. The van der Waals surface area contributed by atoms with Gasteiger partial charge in [0.2, 0.25) is 0 Å². The summed E-state index contributed by atoms with van der Waals surface area (Å²) in [6.07, 6.45) is -22.2. The van der Waals surface area contributed by atoms with E-state index in [0.717, 1.165) is 120 Å². The number of benzene rings is 5. The van der Waals surface area contributed by atoms with Crippen LogP contribution < -0.4 is 47.4 Å². The first-order valence-electron chi connectivity index (χ1n) is 60.7. The average molecular weight is 1640 g/mol. The summed E-state index contributed by atoms with van der Waals surface area (Å²) in [6.45, 7) is 2.32. The highest BCUT2D eigenvalue weighted by Crippen LogP contribution is 2.50. The molecule has 15 rings (SSSR count). The van der Waals surface area contributed by atoms with E-state index in [1.165, 1.54) is 49.4 Å². The Labute approximate surface area is 750 Å². The van der Waals surface area contributed by atoms with Crippen LogP contribution in [0.15, 0.2) is 60.5 Å². The van der Waals surface area contributed by atoms with Crippen LogP contribution in [0.5, 0.6) is 57.5 Å². The van der Waals surface area contributed by atoms with Crippen LogP contribution in [-0.2, 0) is 32.0 Å². The summed E-state index contributed by atoms with van der Waals surface area (Å²) >= 11 is 0. The summed E-state index contributed by atoms with van der Waals surface area (Å²) in [5, 5.41) is 54.8. The highest BCUT2D eigenvalue weighted by Gasteiger charge is 2.45. The number of aliphatic hydroxyl groups excluding tert-OH is 3. The maximum absolute atomic E-state index is 11.5. The number of nitrogens with zero attached hydrogens (tertiary/aromatic N) is 5. The monoisotopic (exact) mass is 1640 g/mol. The van der Waals surface area contributed by atoms with Gasteiger partial charge in [0.1, 0.15) is 0 Å².